The van der Waals surface area contributed by atoms with Crippen LogP contribution in [0.1, 0.15) is 15.9 Å². The first-order valence-electron chi connectivity index (χ1n) is 6.30. The number of hydrogen-bond acceptors (Lipinski definition) is 6. The fourth-order valence-electron chi connectivity index (χ4n) is 1.80. The highest BCUT2D eigenvalue weighted by atomic mass is 32.2. The first-order valence-corrected chi connectivity index (χ1v) is 7.29. The number of amides is 1. The standard InChI is InChI=1S/C12H13N7OS/c1-8-4-14-10-9(5-17-19(10)6-8)11(20)13-2-3-21-12-15-7-16-18-12/h4-7H,2-3H2,1H3,(H,13,20)(H,15,16,18). The van der Waals surface area contributed by atoms with Crippen molar-refractivity contribution in [2.24, 2.45) is 0 Å². The molecule has 0 atom stereocenters. The van der Waals surface area contributed by atoms with Gasteiger partial charge in [-0.2, -0.15) is 10.2 Å². The first-order chi connectivity index (χ1) is 10.2. The van der Waals surface area contributed by atoms with Crippen molar-refractivity contribution in [2.45, 2.75) is 12.1 Å². The second-order valence-corrected chi connectivity index (χ2v) is 5.44. The average Bonchev–Trinajstić information content (AvgIpc) is 3.12. The van der Waals surface area contributed by atoms with Crippen molar-refractivity contribution in [1.82, 2.24) is 35.1 Å². The molecule has 1 amide bonds. The van der Waals surface area contributed by atoms with E-state index >= 15 is 0 Å². The summed E-state index contributed by atoms with van der Waals surface area (Å²) in [6.07, 6.45) is 6.53. The maximum Gasteiger partial charge on any atom is 0.256 e. The number of aromatic nitrogens is 6. The first kappa shape index (κ1) is 13.6. The highest BCUT2D eigenvalue weighted by Crippen LogP contribution is 2.10. The van der Waals surface area contributed by atoms with Crippen molar-refractivity contribution in [1.29, 1.82) is 0 Å². The van der Waals surface area contributed by atoms with Crippen LogP contribution in [0.5, 0.6) is 0 Å². The quantitative estimate of drug-likeness (QED) is 0.531. The highest BCUT2D eigenvalue weighted by molar-refractivity contribution is 7.99. The minimum atomic E-state index is -0.181. The maximum atomic E-state index is 12.1. The van der Waals surface area contributed by atoms with Crippen molar-refractivity contribution in [3.05, 3.63) is 36.0 Å². The van der Waals surface area contributed by atoms with Crippen LogP contribution in [0, 0.1) is 6.92 Å². The second-order valence-electron chi connectivity index (χ2n) is 4.35. The lowest BCUT2D eigenvalue weighted by atomic mass is 10.3. The number of aromatic amines is 1. The van der Waals surface area contributed by atoms with Crippen molar-refractivity contribution in [3.63, 3.8) is 0 Å². The Balaban J connectivity index is 1.59. The largest absolute Gasteiger partial charge is 0.351 e. The summed E-state index contributed by atoms with van der Waals surface area (Å²) in [6, 6.07) is 0. The molecule has 0 spiro atoms. The van der Waals surface area contributed by atoms with Crippen LogP contribution in [-0.4, -0.2) is 48.0 Å². The molecular formula is C12H13N7OS. The minimum Gasteiger partial charge on any atom is -0.351 e. The van der Waals surface area contributed by atoms with Gasteiger partial charge in [0, 0.05) is 24.7 Å². The predicted octanol–water partition coefficient (Wildman–Crippen LogP) is 0.678. The summed E-state index contributed by atoms with van der Waals surface area (Å²) in [7, 11) is 0. The Morgan fingerprint density at radius 1 is 1.43 bits per heavy atom. The molecule has 0 saturated heterocycles. The Morgan fingerprint density at radius 3 is 3.14 bits per heavy atom. The lowest BCUT2D eigenvalue weighted by Gasteiger charge is -2.02. The molecule has 9 heteroatoms. The topological polar surface area (TPSA) is 101 Å². The van der Waals surface area contributed by atoms with E-state index in [0.717, 1.165) is 10.7 Å². The zero-order chi connectivity index (χ0) is 14.7. The van der Waals surface area contributed by atoms with E-state index in [1.54, 1.807) is 10.7 Å². The van der Waals surface area contributed by atoms with E-state index in [1.165, 1.54) is 24.3 Å². The van der Waals surface area contributed by atoms with E-state index in [2.05, 4.69) is 30.6 Å². The second kappa shape index (κ2) is 5.92. The third kappa shape index (κ3) is 3.02. The van der Waals surface area contributed by atoms with Gasteiger partial charge in [0.2, 0.25) is 0 Å². The summed E-state index contributed by atoms with van der Waals surface area (Å²) in [5, 5.41) is 14.2. The van der Waals surface area contributed by atoms with E-state index < -0.39 is 0 Å². The lowest BCUT2D eigenvalue weighted by Crippen LogP contribution is -2.25. The molecule has 21 heavy (non-hydrogen) atoms. The molecular weight excluding hydrogens is 290 g/mol. The van der Waals surface area contributed by atoms with E-state index in [1.807, 2.05) is 13.1 Å². The minimum absolute atomic E-state index is 0.181. The number of carbonyl (C=O) groups excluding carboxylic acids is 1. The number of fused-ring (bicyclic) bond motifs is 1. The number of nitrogens with zero attached hydrogens (tertiary/aromatic N) is 5. The zero-order valence-electron chi connectivity index (χ0n) is 11.3. The molecule has 0 unspecified atom stereocenters. The Morgan fingerprint density at radius 2 is 2.33 bits per heavy atom. The van der Waals surface area contributed by atoms with Crippen LogP contribution >= 0.6 is 11.8 Å². The van der Waals surface area contributed by atoms with Crippen LogP contribution < -0.4 is 5.32 Å². The van der Waals surface area contributed by atoms with Gasteiger partial charge in [0.1, 0.15) is 11.9 Å². The molecule has 0 aromatic carbocycles. The van der Waals surface area contributed by atoms with Gasteiger partial charge in [0.25, 0.3) is 5.91 Å². The van der Waals surface area contributed by atoms with E-state index in [9.17, 15) is 4.79 Å². The van der Waals surface area contributed by atoms with Gasteiger partial charge in [0.15, 0.2) is 10.8 Å². The molecule has 0 bridgehead atoms. The molecule has 3 rings (SSSR count). The van der Waals surface area contributed by atoms with Crippen molar-refractivity contribution in [3.8, 4) is 0 Å². The van der Waals surface area contributed by atoms with Crippen LogP contribution in [0.4, 0.5) is 0 Å². The summed E-state index contributed by atoms with van der Waals surface area (Å²) in [5.74, 6) is 0.520. The van der Waals surface area contributed by atoms with Gasteiger partial charge >= 0.3 is 0 Å². The zero-order valence-corrected chi connectivity index (χ0v) is 12.1. The molecule has 3 heterocycles. The van der Waals surface area contributed by atoms with Crippen molar-refractivity contribution in [2.75, 3.05) is 12.3 Å². The van der Waals surface area contributed by atoms with Crippen LogP contribution in [-0.2, 0) is 0 Å². The van der Waals surface area contributed by atoms with E-state index in [4.69, 9.17) is 0 Å². The Bertz CT molecular complexity index is 752. The van der Waals surface area contributed by atoms with Gasteiger partial charge in [-0.3, -0.25) is 9.89 Å². The predicted molar refractivity (Wildman–Crippen MR) is 77.2 cm³/mol. The number of aryl methyl sites for hydroxylation is 1. The van der Waals surface area contributed by atoms with Crippen molar-refractivity contribution < 1.29 is 4.79 Å². The van der Waals surface area contributed by atoms with Gasteiger partial charge in [-0.25, -0.2) is 14.5 Å². The smallest absolute Gasteiger partial charge is 0.256 e. The maximum absolute atomic E-state index is 12.1. The third-order valence-electron chi connectivity index (χ3n) is 2.75. The van der Waals surface area contributed by atoms with Gasteiger partial charge < -0.3 is 5.32 Å². The average molecular weight is 303 g/mol. The monoisotopic (exact) mass is 303 g/mol. The molecule has 3 aromatic heterocycles. The Hall–Kier alpha value is -2.42. The third-order valence-corrected chi connectivity index (χ3v) is 3.63. The number of thioether (sulfide) groups is 1. The molecule has 0 aliphatic carbocycles. The van der Waals surface area contributed by atoms with Gasteiger partial charge in [-0.15, -0.1) is 0 Å². The summed E-state index contributed by atoms with van der Waals surface area (Å²) >= 11 is 1.49. The number of hydrogen-bond donors (Lipinski definition) is 2. The van der Waals surface area contributed by atoms with Gasteiger partial charge in [0.05, 0.1) is 6.20 Å². The lowest BCUT2D eigenvalue weighted by molar-refractivity contribution is 0.0957. The molecule has 8 nitrogen and oxygen atoms in total. The molecule has 108 valence electrons. The molecule has 2 N–H and O–H groups in total. The fourth-order valence-corrected chi connectivity index (χ4v) is 2.44. The van der Waals surface area contributed by atoms with Crippen molar-refractivity contribution >= 4 is 23.3 Å². The normalized spacial score (nSPS) is 10.9. The molecule has 0 aliphatic heterocycles. The van der Waals surface area contributed by atoms with Gasteiger partial charge in [-0.05, 0) is 12.5 Å². The van der Waals surface area contributed by atoms with Gasteiger partial charge in [-0.1, -0.05) is 11.8 Å². The molecule has 0 aliphatic rings. The Labute approximate surface area is 124 Å². The molecule has 0 fully saturated rings. The highest BCUT2D eigenvalue weighted by Gasteiger charge is 2.13. The van der Waals surface area contributed by atoms with Crippen LogP contribution in [0.15, 0.2) is 30.1 Å². The van der Waals surface area contributed by atoms with Crippen LogP contribution in [0.3, 0.4) is 0 Å². The number of rotatable bonds is 5. The summed E-state index contributed by atoms with van der Waals surface area (Å²) in [6.45, 7) is 2.45. The SMILES string of the molecule is Cc1cnc2c(C(=O)NCCSc3ncn[nH]3)cnn2c1. The van der Waals surface area contributed by atoms with Crippen LogP contribution in [0.25, 0.3) is 5.65 Å². The summed E-state index contributed by atoms with van der Waals surface area (Å²) < 4.78 is 1.60. The number of H-pyrrole nitrogens is 1. The molecule has 3 aromatic rings. The Kier molecular flexibility index (Phi) is 3.82. The number of nitrogens with one attached hydrogen (secondary N) is 2. The number of carbonyl (C=O) groups is 1. The summed E-state index contributed by atoms with van der Waals surface area (Å²) in [5.41, 5.74) is 2.02. The van der Waals surface area contributed by atoms with E-state index in [-0.39, 0.29) is 5.91 Å². The fraction of sp³-hybridized carbons (Fsp3) is 0.250. The van der Waals surface area contributed by atoms with E-state index in [0.29, 0.717) is 23.5 Å². The van der Waals surface area contributed by atoms with Crippen LogP contribution in [0.2, 0.25) is 0 Å². The summed E-state index contributed by atoms with van der Waals surface area (Å²) in [4.78, 5) is 20.4. The molecule has 0 radical (unpaired) electrons. The molecule has 0 saturated carbocycles.